The van der Waals surface area contributed by atoms with Crippen molar-refractivity contribution in [1.82, 2.24) is 4.98 Å². The van der Waals surface area contributed by atoms with E-state index in [1.807, 2.05) is 6.92 Å². The summed E-state index contributed by atoms with van der Waals surface area (Å²) in [4.78, 5) is 4.33. The average molecular weight is 463 g/mol. The summed E-state index contributed by atoms with van der Waals surface area (Å²) < 4.78 is 27.5. The van der Waals surface area contributed by atoms with Gasteiger partial charge in [-0.2, -0.15) is 0 Å². The zero-order valence-corrected chi connectivity index (χ0v) is 16.4. The first-order valence-electron chi connectivity index (χ1n) is 6.77. The molecule has 1 N–H and O–H groups in total. The van der Waals surface area contributed by atoms with Gasteiger partial charge in [-0.25, -0.2) is 17.7 Å². The number of aliphatic hydroxyl groups excluding tert-OH is 1. The third kappa shape index (κ3) is 3.05. The lowest BCUT2D eigenvalue weighted by Gasteiger charge is -2.23. The zero-order valence-electron chi connectivity index (χ0n) is 12.4. The summed E-state index contributed by atoms with van der Waals surface area (Å²) in [7, 11) is -3.86. The number of aryl methyl sites for hydroxylation is 1. The van der Waals surface area contributed by atoms with Crippen LogP contribution < -0.4 is 21.3 Å². The fourth-order valence-electron chi connectivity index (χ4n) is 2.54. The minimum atomic E-state index is -3.86. The van der Waals surface area contributed by atoms with Crippen LogP contribution in [0.4, 0.5) is 5.82 Å². The molecule has 0 unspecified atom stereocenters. The number of aromatic nitrogens is 1. The smallest absolute Gasteiger partial charge is 0.267 e. The molecule has 2 heterocycles. The predicted molar refractivity (Wildman–Crippen MR) is 87.2 cm³/mol. The Bertz CT molecular complexity index is 825. The molecule has 0 spiro atoms. The number of pyridine rings is 1. The summed E-state index contributed by atoms with van der Waals surface area (Å²) in [5, 5.41) is 10.4. The molecule has 23 heavy (non-hydrogen) atoms. The number of benzene rings is 1. The standard InChI is InChI=1S/C15H15BrN2O3S.BrH/c1-9-3-5-12(6-4-9)22(20,21)18-14-13(10(2)15(18)19)7-11(16)8-17-14;/h3-8,10,15,19H,1-2H3;1H/p-1/t10-,15+;/m1./s1. The number of sulfonamides is 1. The van der Waals surface area contributed by atoms with Crippen LogP contribution in [-0.2, 0) is 10.0 Å². The van der Waals surface area contributed by atoms with Crippen LogP contribution in [0, 0.1) is 6.92 Å². The molecule has 0 amide bonds. The first-order chi connectivity index (χ1) is 10.3. The van der Waals surface area contributed by atoms with E-state index in [1.54, 1.807) is 37.3 Å². The van der Waals surface area contributed by atoms with Crippen LogP contribution in [0.1, 0.15) is 24.0 Å². The second-order valence-electron chi connectivity index (χ2n) is 5.38. The highest BCUT2D eigenvalue weighted by atomic mass is 79.9. The summed E-state index contributed by atoms with van der Waals surface area (Å²) in [6.45, 7) is 3.67. The predicted octanol–water partition coefficient (Wildman–Crippen LogP) is -0.213. The molecule has 124 valence electrons. The van der Waals surface area contributed by atoms with Gasteiger partial charge in [0.05, 0.1) is 4.90 Å². The highest BCUT2D eigenvalue weighted by Crippen LogP contribution is 2.42. The maximum absolute atomic E-state index is 12.9. The largest absolute Gasteiger partial charge is 1.00 e. The lowest BCUT2D eigenvalue weighted by Crippen LogP contribution is -3.00. The van der Waals surface area contributed by atoms with Gasteiger partial charge in [0.15, 0.2) is 0 Å². The molecule has 0 fully saturated rings. The number of halogens is 2. The van der Waals surface area contributed by atoms with Crippen LogP contribution in [0.25, 0.3) is 0 Å². The van der Waals surface area contributed by atoms with Gasteiger partial charge in [0, 0.05) is 22.2 Å². The minimum Gasteiger partial charge on any atom is -1.00 e. The van der Waals surface area contributed by atoms with Crippen LogP contribution in [0.5, 0.6) is 0 Å². The van der Waals surface area contributed by atoms with E-state index >= 15 is 0 Å². The third-order valence-corrected chi connectivity index (χ3v) is 6.03. The number of hydrogen-bond acceptors (Lipinski definition) is 4. The maximum atomic E-state index is 12.9. The van der Waals surface area contributed by atoms with Gasteiger partial charge in [0.1, 0.15) is 12.0 Å². The van der Waals surface area contributed by atoms with Gasteiger partial charge in [-0.1, -0.05) is 24.6 Å². The van der Waals surface area contributed by atoms with E-state index in [0.29, 0.717) is 5.56 Å². The van der Waals surface area contributed by atoms with Crippen molar-refractivity contribution < 1.29 is 30.5 Å². The van der Waals surface area contributed by atoms with E-state index in [4.69, 9.17) is 0 Å². The van der Waals surface area contributed by atoms with Gasteiger partial charge in [-0.3, -0.25) is 0 Å². The molecule has 1 aromatic heterocycles. The lowest BCUT2D eigenvalue weighted by atomic mass is 10.1. The topological polar surface area (TPSA) is 70.5 Å². The Morgan fingerprint density at radius 1 is 1.26 bits per heavy atom. The summed E-state index contributed by atoms with van der Waals surface area (Å²) in [6.07, 6.45) is 0.365. The Hall–Kier alpha value is -0.960. The summed E-state index contributed by atoms with van der Waals surface area (Å²) in [6, 6.07) is 8.34. The number of anilines is 1. The molecule has 1 aliphatic heterocycles. The van der Waals surface area contributed by atoms with E-state index in [1.165, 1.54) is 6.20 Å². The molecular weight excluding hydrogens is 448 g/mol. The van der Waals surface area contributed by atoms with Crippen molar-refractivity contribution in [1.29, 1.82) is 0 Å². The molecule has 0 bridgehead atoms. The summed E-state index contributed by atoms with van der Waals surface area (Å²) >= 11 is 3.32. The quantitative estimate of drug-likeness (QED) is 0.670. The van der Waals surface area contributed by atoms with Crippen LogP contribution in [0.3, 0.4) is 0 Å². The molecule has 5 nitrogen and oxygen atoms in total. The first kappa shape index (κ1) is 18.4. The van der Waals surface area contributed by atoms with Gasteiger partial charge >= 0.3 is 0 Å². The van der Waals surface area contributed by atoms with Gasteiger partial charge in [-0.05, 0) is 41.1 Å². The highest BCUT2D eigenvalue weighted by molar-refractivity contribution is 9.10. The van der Waals surface area contributed by atoms with Crippen molar-refractivity contribution in [2.45, 2.75) is 30.9 Å². The molecule has 8 heteroatoms. The third-order valence-electron chi connectivity index (χ3n) is 3.83. The van der Waals surface area contributed by atoms with Crippen molar-refractivity contribution >= 4 is 31.8 Å². The monoisotopic (exact) mass is 461 g/mol. The molecule has 1 aliphatic rings. The van der Waals surface area contributed by atoms with E-state index in [0.717, 1.165) is 14.3 Å². The summed E-state index contributed by atoms with van der Waals surface area (Å²) in [5.74, 6) is -0.0657. The molecule has 2 atom stereocenters. The molecule has 0 saturated carbocycles. The normalized spacial score (nSPS) is 20.1. The van der Waals surface area contributed by atoms with E-state index in [9.17, 15) is 13.5 Å². The Balaban J connectivity index is 0.00000192. The van der Waals surface area contributed by atoms with Crippen molar-refractivity contribution in [2.75, 3.05) is 4.31 Å². The van der Waals surface area contributed by atoms with Gasteiger partial charge in [0.2, 0.25) is 0 Å². The SMILES string of the molecule is Cc1ccc(S(=O)(=O)N2c3ncc(Br)cc3[C@@H](C)[C@@H]2O)cc1.[Br-]. The average Bonchev–Trinajstić information content (AvgIpc) is 2.72. The van der Waals surface area contributed by atoms with Gasteiger partial charge < -0.3 is 22.1 Å². The van der Waals surface area contributed by atoms with Crippen LogP contribution in [0.2, 0.25) is 0 Å². The number of nitrogens with zero attached hydrogens (tertiary/aromatic N) is 2. The second kappa shape index (κ2) is 6.51. The van der Waals surface area contributed by atoms with Crippen molar-refractivity contribution in [3.05, 3.63) is 52.1 Å². The fraction of sp³-hybridized carbons (Fsp3) is 0.267. The maximum Gasteiger partial charge on any atom is 0.267 e. The van der Waals surface area contributed by atoms with Gasteiger partial charge in [0.25, 0.3) is 10.0 Å². The number of hydrogen-bond donors (Lipinski definition) is 1. The van der Waals surface area contributed by atoms with E-state index in [2.05, 4.69) is 20.9 Å². The highest BCUT2D eigenvalue weighted by Gasteiger charge is 2.43. The molecule has 0 radical (unpaired) electrons. The fourth-order valence-corrected chi connectivity index (χ4v) is 4.44. The van der Waals surface area contributed by atoms with Crippen molar-refractivity contribution in [2.24, 2.45) is 0 Å². The second-order valence-corrected chi connectivity index (χ2v) is 8.11. The van der Waals surface area contributed by atoms with Crippen LogP contribution in [0.15, 0.2) is 45.9 Å². The number of aliphatic hydroxyl groups is 1. The van der Waals surface area contributed by atoms with E-state index < -0.39 is 16.3 Å². The lowest BCUT2D eigenvalue weighted by molar-refractivity contribution is -0.00000897. The van der Waals surface area contributed by atoms with Crippen molar-refractivity contribution in [3.63, 3.8) is 0 Å². The first-order valence-corrected chi connectivity index (χ1v) is 9.00. The molecule has 3 rings (SSSR count). The number of fused-ring (bicyclic) bond motifs is 1. The molecule has 2 aromatic rings. The Morgan fingerprint density at radius 2 is 1.87 bits per heavy atom. The molecule has 1 aromatic carbocycles. The van der Waals surface area contributed by atoms with Crippen LogP contribution in [-0.4, -0.2) is 24.7 Å². The minimum absolute atomic E-state index is 0. The Kier molecular flexibility index (Phi) is 5.20. The Labute approximate surface area is 154 Å². The van der Waals surface area contributed by atoms with Gasteiger partial charge in [-0.15, -0.1) is 0 Å². The number of rotatable bonds is 2. The molecule has 0 aliphatic carbocycles. The Morgan fingerprint density at radius 3 is 2.48 bits per heavy atom. The van der Waals surface area contributed by atoms with Crippen LogP contribution >= 0.6 is 15.9 Å². The van der Waals surface area contributed by atoms with E-state index in [-0.39, 0.29) is 33.6 Å². The molecular formula is C15H15Br2N2O3S-. The summed E-state index contributed by atoms with van der Waals surface area (Å²) in [5.41, 5.74) is 1.68. The molecule has 0 saturated heterocycles. The zero-order chi connectivity index (χ0) is 16.1. The van der Waals surface area contributed by atoms with Crippen molar-refractivity contribution in [3.8, 4) is 0 Å².